The Morgan fingerprint density at radius 1 is 1.14 bits per heavy atom. The summed E-state index contributed by atoms with van der Waals surface area (Å²) in [5, 5.41) is 0.972. The molecule has 0 radical (unpaired) electrons. The maximum atomic E-state index is 12.8. The number of furan rings is 1. The van der Waals surface area contributed by atoms with Crippen molar-refractivity contribution in [2.24, 2.45) is 0 Å². The topological polar surface area (TPSA) is 33.5 Å². The number of para-hydroxylation sites is 1. The molecule has 0 saturated heterocycles. The highest BCUT2D eigenvalue weighted by atomic mass is 16.3. The van der Waals surface area contributed by atoms with Gasteiger partial charge in [-0.3, -0.25) is 4.79 Å². The van der Waals surface area contributed by atoms with E-state index in [2.05, 4.69) is 6.07 Å². The minimum atomic E-state index is -0.0546. The van der Waals surface area contributed by atoms with Crippen LogP contribution >= 0.6 is 0 Å². The molecule has 0 aliphatic carbocycles. The molecule has 0 atom stereocenters. The predicted octanol–water partition coefficient (Wildman–Crippen LogP) is 4.33. The van der Waals surface area contributed by atoms with Crippen molar-refractivity contribution in [1.29, 1.82) is 0 Å². The smallest absolute Gasteiger partial charge is 0.294 e. The molecular weight excluding hydrogens is 274 g/mol. The minimum absolute atomic E-state index is 0.0546. The van der Waals surface area contributed by atoms with E-state index in [1.807, 2.05) is 54.3 Å². The number of carbonyl (C=O) groups excluding carboxylic acids is 1. The summed E-state index contributed by atoms with van der Waals surface area (Å²) in [5.41, 5.74) is 4.14. The molecule has 1 aliphatic heterocycles. The van der Waals surface area contributed by atoms with Gasteiger partial charge in [-0.1, -0.05) is 30.3 Å². The first-order valence-corrected chi connectivity index (χ1v) is 7.62. The van der Waals surface area contributed by atoms with E-state index in [0.29, 0.717) is 5.76 Å². The van der Waals surface area contributed by atoms with Crippen molar-refractivity contribution in [3.05, 3.63) is 65.4 Å². The fraction of sp³-hybridized carbons (Fsp3) is 0.211. The monoisotopic (exact) mass is 291 g/mol. The lowest BCUT2D eigenvalue weighted by molar-refractivity contribution is 0.0960. The van der Waals surface area contributed by atoms with Crippen molar-refractivity contribution in [3.63, 3.8) is 0 Å². The van der Waals surface area contributed by atoms with E-state index < -0.39 is 0 Å². The van der Waals surface area contributed by atoms with E-state index in [9.17, 15) is 4.79 Å². The first kappa shape index (κ1) is 13.1. The molecule has 0 unspecified atom stereocenters. The van der Waals surface area contributed by atoms with Crippen molar-refractivity contribution < 1.29 is 9.21 Å². The number of anilines is 1. The number of hydrogen-bond acceptors (Lipinski definition) is 2. The lowest BCUT2D eigenvalue weighted by atomic mass is 10.0. The maximum Gasteiger partial charge on any atom is 0.294 e. The highest BCUT2D eigenvalue weighted by molar-refractivity contribution is 6.06. The summed E-state index contributed by atoms with van der Waals surface area (Å²) in [4.78, 5) is 14.7. The molecule has 4 rings (SSSR count). The normalized spacial score (nSPS) is 14.1. The molecule has 3 nitrogen and oxygen atoms in total. The number of carbonyl (C=O) groups is 1. The van der Waals surface area contributed by atoms with Gasteiger partial charge >= 0.3 is 0 Å². The van der Waals surface area contributed by atoms with Crippen molar-refractivity contribution >= 4 is 22.6 Å². The van der Waals surface area contributed by atoms with Gasteiger partial charge in [-0.25, -0.2) is 0 Å². The standard InChI is InChI=1S/C19H17NO2/c1-13-8-9-15-12-18(22-17(15)11-13)19(21)20-10-4-6-14-5-2-3-7-16(14)20/h2-3,5,7-9,11-12H,4,6,10H2,1H3. The fourth-order valence-corrected chi connectivity index (χ4v) is 3.12. The van der Waals surface area contributed by atoms with Crippen LogP contribution in [0.25, 0.3) is 11.0 Å². The highest BCUT2D eigenvalue weighted by Crippen LogP contribution is 2.29. The van der Waals surface area contributed by atoms with Crippen LogP contribution in [-0.2, 0) is 6.42 Å². The highest BCUT2D eigenvalue weighted by Gasteiger charge is 2.25. The van der Waals surface area contributed by atoms with E-state index in [-0.39, 0.29) is 5.91 Å². The third-order valence-corrected chi connectivity index (χ3v) is 4.24. The molecule has 2 heterocycles. The number of nitrogens with zero attached hydrogens (tertiary/aromatic N) is 1. The van der Waals surface area contributed by atoms with Crippen LogP contribution in [0.2, 0.25) is 0 Å². The number of amides is 1. The fourth-order valence-electron chi connectivity index (χ4n) is 3.12. The Balaban J connectivity index is 1.75. The van der Waals surface area contributed by atoms with Crippen LogP contribution in [0.3, 0.4) is 0 Å². The summed E-state index contributed by atoms with van der Waals surface area (Å²) in [5.74, 6) is 0.360. The van der Waals surface area contributed by atoms with E-state index >= 15 is 0 Å². The molecule has 1 amide bonds. The molecule has 0 fully saturated rings. The van der Waals surface area contributed by atoms with Crippen molar-refractivity contribution in [1.82, 2.24) is 0 Å². The third kappa shape index (κ3) is 2.10. The van der Waals surface area contributed by atoms with Gasteiger partial charge in [0.1, 0.15) is 5.58 Å². The van der Waals surface area contributed by atoms with Gasteiger partial charge in [0.2, 0.25) is 0 Å². The molecule has 0 saturated carbocycles. The Morgan fingerprint density at radius 2 is 2.00 bits per heavy atom. The quantitative estimate of drug-likeness (QED) is 0.668. The molecule has 1 aromatic heterocycles. The second-order valence-corrected chi connectivity index (χ2v) is 5.84. The summed E-state index contributed by atoms with van der Waals surface area (Å²) in [6, 6.07) is 15.9. The predicted molar refractivity (Wildman–Crippen MR) is 87.4 cm³/mol. The number of rotatable bonds is 1. The summed E-state index contributed by atoms with van der Waals surface area (Å²) in [6.07, 6.45) is 2.02. The second-order valence-electron chi connectivity index (χ2n) is 5.84. The van der Waals surface area contributed by atoms with Crippen LogP contribution in [0.4, 0.5) is 5.69 Å². The van der Waals surface area contributed by atoms with Crippen molar-refractivity contribution in [3.8, 4) is 0 Å². The zero-order valence-electron chi connectivity index (χ0n) is 12.5. The largest absolute Gasteiger partial charge is 0.451 e. The average molecular weight is 291 g/mol. The van der Waals surface area contributed by atoms with Crippen LogP contribution in [-0.4, -0.2) is 12.5 Å². The second kappa shape index (κ2) is 5.02. The van der Waals surface area contributed by atoms with Gasteiger partial charge in [0, 0.05) is 17.6 Å². The molecule has 0 bridgehead atoms. The molecular formula is C19H17NO2. The molecule has 3 heteroatoms. The molecule has 110 valence electrons. The van der Waals surface area contributed by atoms with E-state index in [1.165, 1.54) is 5.56 Å². The summed E-state index contributed by atoms with van der Waals surface area (Å²) >= 11 is 0. The maximum absolute atomic E-state index is 12.8. The van der Waals surface area contributed by atoms with Gasteiger partial charge in [0.25, 0.3) is 5.91 Å². The van der Waals surface area contributed by atoms with E-state index in [0.717, 1.165) is 41.6 Å². The SMILES string of the molecule is Cc1ccc2cc(C(=O)N3CCCc4ccccc43)oc2c1. The van der Waals surface area contributed by atoms with Crippen LogP contribution < -0.4 is 4.90 Å². The van der Waals surface area contributed by atoms with Gasteiger partial charge < -0.3 is 9.32 Å². The Labute approximate surface area is 129 Å². The third-order valence-electron chi connectivity index (χ3n) is 4.24. The number of fused-ring (bicyclic) bond motifs is 2. The van der Waals surface area contributed by atoms with Crippen molar-refractivity contribution in [2.45, 2.75) is 19.8 Å². The van der Waals surface area contributed by atoms with Gasteiger partial charge in [-0.2, -0.15) is 0 Å². The van der Waals surface area contributed by atoms with Gasteiger partial charge in [-0.05, 0) is 49.1 Å². The molecule has 0 spiro atoms. The van der Waals surface area contributed by atoms with Crippen LogP contribution in [0.1, 0.15) is 28.1 Å². The first-order valence-electron chi connectivity index (χ1n) is 7.62. The molecule has 0 N–H and O–H groups in total. The molecule has 22 heavy (non-hydrogen) atoms. The Hall–Kier alpha value is -2.55. The van der Waals surface area contributed by atoms with Gasteiger partial charge in [0.15, 0.2) is 5.76 Å². The summed E-state index contributed by atoms with van der Waals surface area (Å²) < 4.78 is 5.79. The number of hydrogen-bond donors (Lipinski definition) is 0. The number of benzene rings is 2. The van der Waals surface area contributed by atoms with Crippen LogP contribution in [0.15, 0.2) is 52.9 Å². The lowest BCUT2D eigenvalue weighted by Crippen LogP contribution is -2.35. The van der Waals surface area contributed by atoms with Crippen LogP contribution in [0.5, 0.6) is 0 Å². The summed E-state index contributed by atoms with van der Waals surface area (Å²) in [7, 11) is 0. The molecule has 2 aromatic carbocycles. The first-order chi connectivity index (χ1) is 10.7. The number of aryl methyl sites for hydroxylation is 2. The Morgan fingerprint density at radius 3 is 2.91 bits per heavy atom. The van der Waals surface area contributed by atoms with Gasteiger partial charge in [-0.15, -0.1) is 0 Å². The Kier molecular flexibility index (Phi) is 3.00. The van der Waals surface area contributed by atoms with Crippen LogP contribution in [0, 0.1) is 6.92 Å². The van der Waals surface area contributed by atoms with E-state index in [1.54, 1.807) is 0 Å². The average Bonchev–Trinajstić information content (AvgIpc) is 2.96. The van der Waals surface area contributed by atoms with Gasteiger partial charge in [0.05, 0.1) is 0 Å². The lowest BCUT2D eigenvalue weighted by Gasteiger charge is -2.28. The van der Waals surface area contributed by atoms with E-state index in [4.69, 9.17) is 4.42 Å². The van der Waals surface area contributed by atoms with Crippen molar-refractivity contribution in [2.75, 3.05) is 11.4 Å². The molecule has 3 aromatic rings. The molecule has 1 aliphatic rings. The Bertz CT molecular complexity index is 863. The zero-order chi connectivity index (χ0) is 15.1. The zero-order valence-corrected chi connectivity index (χ0v) is 12.5. The minimum Gasteiger partial charge on any atom is -0.451 e. The summed E-state index contributed by atoms with van der Waals surface area (Å²) in [6.45, 7) is 2.76.